The first kappa shape index (κ1) is 6.12. The van der Waals surface area contributed by atoms with Crippen molar-refractivity contribution in [3.05, 3.63) is 46.5 Å². The minimum Gasteiger partial charge on any atom is -0.481 e. The molecule has 0 spiro atoms. The third kappa shape index (κ3) is 0.600. The molecule has 0 aromatic carbocycles. The topological polar surface area (TPSA) is 29.5 Å². The number of ether oxygens (including phenoxy) is 1. The fourth-order valence-corrected chi connectivity index (χ4v) is 1.94. The van der Waals surface area contributed by atoms with Crippen LogP contribution in [-0.2, 0) is 4.74 Å². The average molecular weight is 160 g/mol. The summed E-state index contributed by atoms with van der Waals surface area (Å²) < 4.78 is 5.04. The maximum atomic E-state index is 9.14. The van der Waals surface area contributed by atoms with E-state index < -0.39 is 0 Å². The number of hydrogen-bond acceptors (Lipinski definition) is 2. The Morgan fingerprint density at radius 2 is 2.08 bits per heavy atom. The van der Waals surface area contributed by atoms with Crippen molar-refractivity contribution >= 4 is 0 Å². The van der Waals surface area contributed by atoms with E-state index in [0.29, 0.717) is 6.61 Å². The number of rotatable bonds is 0. The normalized spacial score (nSPS) is 24.5. The van der Waals surface area contributed by atoms with E-state index in [4.69, 9.17) is 9.84 Å². The van der Waals surface area contributed by atoms with Crippen LogP contribution in [-0.4, -0.2) is 11.7 Å². The maximum absolute atomic E-state index is 9.14. The largest absolute Gasteiger partial charge is 0.481 e. The molecule has 60 valence electrons. The number of allylic oxidation sites excluding steroid dienone is 5. The highest BCUT2D eigenvalue weighted by atomic mass is 16.6. The van der Waals surface area contributed by atoms with Crippen LogP contribution >= 0.6 is 0 Å². The van der Waals surface area contributed by atoms with Gasteiger partial charge >= 0.3 is 0 Å². The summed E-state index contributed by atoms with van der Waals surface area (Å²) in [6, 6.07) is 0. The molecule has 0 radical (unpaired) electrons. The van der Waals surface area contributed by atoms with Gasteiger partial charge in [-0.3, -0.25) is 0 Å². The van der Waals surface area contributed by atoms with Crippen molar-refractivity contribution in [2.45, 2.75) is 6.42 Å². The zero-order chi connectivity index (χ0) is 8.13. The molecule has 0 aromatic rings. The zero-order valence-corrected chi connectivity index (χ0v) is 6.50. The van der Waals surface area contributed by atoms with E-state index in [-0.39, 0.29) is 5.95 Å². The molecule has 0 amide bonds. The highest BCUT2D eigenvalue weighted by Crippen LogP contribution is 2.41. The fraction of sp³-hybridized carbons (Fsp3) is 0.200. The number of aliphatic hydroxyl groups is 1. The molecular weight excluding hydrogens is 152 g/mol. The first-order chi connectivity index (χ1) is 5.84. The van der Waals surface area contributed by atoms with Gasteiger partial charge in [0, 0.05) is 11.6 Å². The summed E-state index contributed by atoms with van der Waals surface area (Å²) in [5.41, 5.74) is 5.10. The lowest BCUT2D eigenvalue weighted by atomic mass is 10.0. The molecule has 1 aliphatic heterocycles. The van der Waals surface area contributed by atoms with Crippen molar-refractivity contribution in [3.8, 4) is 0 Å². The summed E-state index contributed by atoms with van der Waals surface area (Å²) in [5, 5.41) is 9.14. The van der Waals surface area contributed by atoms with Crippen LogP contribution in [0.4, 0.5) is 0 Å². The van der Waals surface area contributed by atoms with Crippen molar-refractivity contribution in [1.29, 1.82) is 0 Å². The van der Waals surface area contributed by atoms with E-state index >= 15 is 0 Å². The van der Waals surface area contributed by atoms with Gasteiger partial charge in [-0.2, -0.15) is 0 Å². The van der Waals surface area contributed by atoms with E-state index in [9.17, 15) is 0 Å². The van der Waals surface area contributed by atoms with Crippen LogP contribution in [0.1, 0.15) is 6.42 Å². The van der Waals surface area contributed by atoms with Crippen molar-refractivity contribution < 1.29 is 9.84 Å². The van der Waals surface area contributed by atoms with Crippen molar-refractivity contribution in [2.75, 3.05) is 6.61 Å². The van der Waals surface area contributed by atoms with Gasteiger partial charge < -0.3 is 9.84 Å². The predicted molar refractivity (Wildman–Crippen MR) is 44.5 cm³/mol. The molecule has 3 rings (SSSR count). The molecule has 2 heteroatoms. The first-order valence-corrected chi connectivity index (χ1v) is 4.02. The second kappa shape index (κ2) is 1.83. The molecule has 0 fully saturated rings. The van der Waals surface area contributed by atoms with Crippen LogP contribution in [0.5, 0.6) is 0 Å². The summed E-state index contributed by atoms with van der Waals surface area (Å²) in [4.78, 5) is 0. The van der Waals surface area contributed by atoms with Crippen LogP contribution in [0.15, 0.2) is 46.5 Å². The van der Waals surface area contributed by atoms with Gasteiger partial charge in [0.1, 0.15) is 6.61 Å². The summed E-state index contributed by atoms with van der Waals surface area (Å²) in [7, 11) is 0. The van der Waals surface area contributed by atoms with Gasteiger partial charge in [-0.05, 0) is 23.1 Å². The molecular formula is C10H8O2. The Morgan fingerprint density at radius 3 is 3.00 bits per heavy atom. The average Bonchev–Trinajstić information content (AvgIpc) is 2.63. The lowest BCUT2D eigenvalue weighted by Crippen LogP contribution is -2.07. The van der Waals surface area contributed by atoms with Crippen molar-refractivity contribution in [3.63, 3.8) is 0 Å². The SMILES string of the molecule is OC1=CC2=C3C=CC(=C2CO1)C3. The highest BCUT2D eigenvalue weighted by molar-refractivity contribution is 5.64. The molecule has 0 atom stereocenters. The van der Waals surface area contributed by atoms with Gasteiger partial charge in [-0.25, -0.2) is 0 Å². The smallest absolute Gasteiger partial charge is 0.277 e. The van der Waals surface area contributed by atoms with E-state index in [0.717, 1.165) is 6.42 Å². The van der Waals surface area contributed by atoms with Crippen LogP contribution in [0.2, 0.25) is 0 Å². The summed E-state index contributed by atoms with van der Waals surface area (Å²) in [6.45, 7) is 0.529. The van der Waals surface area contributed by atoms with Gasteiger partial charge in [-0.15, -0.1) is 0 Å². The molecule has 2 aliphatic carbocycles. The van der Waals surface area contributed by atoms with E-state index in [1.165, 1.54) is 22.3 Å². The van der Waals surface area contributed by atoms with Crippen LogP contribution < -0.4 is 0 Å². The van der Waals surface area contributed by atoms with Gasteiger partial charge in [0.2, 0.25) is 0 Å². The van der Waals surface area contributed by atoms with Gasteiger partial charge in [0.05, 0.1) is 0 Å². The van der Waals surface area contributed by atoms with Gasteiger partial charge in [0.15, 0.2) is 0 Å². The molecule has 2 nitrogen and oxygen atoms in total. The lowest BCUT2D eigenvalue weighted by molar-refractivity contribution is 0.104. The molecule has 3 aliphatic rings. The second-order valence-corrected chi connectivity index (χ2v) is 3.22. The summed E-state index contributed by atoms with van der Waals surface area (Å²) in [5.74, 6) is 0.0443. The molecule has 0 unspecified atom stereocenters. The summed E-state index contributed by atoms with van der Waals surface area (Å²) in [6.07, 6.45) is 6.99. The molecule has 0 aromatic heterocycles. The second-order valence-electron chi connectivity index (χ2n) is 3.22. The Morgan fingerprint density at radius 1 is 1.25 bits per heavy atom. The number of hydrogen-bond donors (Lipinski definition) is 1. The third-order valence-corrected chi connectivity index (χ3v) is 2.56. The minimum atomic E-state index is 0.0443. The van der Waals surface area contributed by atoms with E-state index in [1.54, 1.807) is 6.08 Å². The molecule has 1 heterocycles. The molecule has 12 heavy (non-hydrogen) atoms. The quantitative estimate of drug-likeness (QED) is 0.587. The van der Waals surface area contributed by atoms with Crippen LogP contribution in [0, 0.1) is 0 Å². The number of aliphatic hydroxyl groups excluding tert-OH is 1. The first-order valence-electron chi connectivity index (χ1n) is 4.02. The van der Waals surface area contributed by atoms with Crippen molar-refractivity contribution in [1.82, 2.24) is 0 Å². The number of fused-ring (bicyclic) bond motifs is 3. The Balaban J connectivity index is 2.24. The molecule has 0 saturated carbocycles. The van der Waals surface area contributed by atoms with E-state index in [2.05, 4.69) is 12.2 Å². The van der Waals surface area contributed by atoms with Crippen LogP contribution in [0.25, 0.3) is 0 Å². The monoisotopic (exact) mass is 160 g/mol. The lowest BCUT2D eigenvalue weighted by Gasteiger charge is -2.16. The molecule has 2 bridgehead atoms. The molecule has 1 N–H and O–H groups in total. The van der Waals surface area contributed by atoms with Gasteiger partial charge in [-0.1, -0.05) is 12.2 Å². The maximum Gasteiger partial charge on any atom is 0.277 e. The predicted octanol–water partition coefficient (Wildman–Crippen LogP) is 1.98. The van der Waals surface area contributed by atoms with E-state index in [1.807, 2.05) is 0 Å². The third-order valence-electron chi connectivity index (χ3n) is 2.56. The Kier molecular flexibility index (Phi) is 0.933. The zero-order valence-electron chi connectivity index (χ0n) is 6.50. The summed E-state index contributed by atoms with van der Waals surface area (Å²) >= 11 is 0. The highest BCUT2D eigenvalue weighted by Gasteiger charge is 2.27. The fourth-order valence-electron chi connectivity index (χ4n) is 1.94. The minimum absolute atomic E-state index is 0.0443. The molecule has 0 saturated heterocycles. The van der Waals surface area contributed by atoms with Gasteiger partial charge in [0.25, 0.3) is 5.95 Å². The Labute approximate surface area is 70.2 Å². The standard InChI is InChI=1S/C10H8O2/c11-10-4-8-6-1-2-7(3-6)9(8)5-12-10/h1-2,4,11H,3,5H2. The van der Waals surface area contributed by atoms with Crippen LogP contribution in [0.3, 0.4) is 0 Å². The Hall–Kier alpha value is -1.44. The Bertz CT molecular complexity index is 381. The van der Waals surface area contributed by atoms with Crippen molar-refractivity contribution in [2.24, 2.45) is 0 Å².